The molecule has 1 atom stereocenters. The van der Waals surface area contributed by atoms with Gasteiger partial charge >= 0.3 is 0 Å². The lowest BCUT2D eigenvalue weighted by atomic mass is 10.2. The summed E-state index contributed by atoms with van der Waals surface area (Å²) < 4.78 is 5.85. The van der Waals surface area contributed by atoms with Crippen LogP contribution in [0.5, 0.6) is 0 Å². The quantitative estimate of drug-likeness (QED) is 0.888. The molecule has 108 valence electrons. The summed E-state index contributed by atoms with van der Waals surface area (Å²) in [6, 6.07) is 4.51. The number of hydrogen-bond donors (Lipinski definition) is 1. The SMILES string of the molecule is Cc1ccc(C(CNCc2cscn2)N2CCCC2)o1. The van der Waals surface area contributed by atoms with Gasteiger partial charge in [0.15, 0.2) is 0 Å². The van der Waals surface area contributed by atoms with E-state index in [0.717, 1.165) is 30.3 Å². The fraction of sp³-hybridized carbons (Fsp3) is 0.533. The van der Waals surface area contributed by atoms with Crippen LogP contribution in [0.3, 0.4) is 0 Å². The molecule has 2 aromatic heterocycles. The number of nitrogens with one attached hydrogen (secondary N) is 1. The molecule has 3 heterocycles. The van der Waals surface area contributed by atoms with Crippen molar-refractivity contribution >= 4 is 11.3 Å². The van der Waals surface area contributed by atoms with E-state index in [1.54, 1.807) is 11.3 Å². The molecule has 3 rings (SSSR count). The Kier molecular flexibility index (Phi) is 4.50. The van der Waals surface area contributed by atoms with Gasteiger partial charge in [0, 0.05) is 18.5 Å². The lowest BCUT2D eigenvalue weighted by molar-refractivity contribution is 0.207. The molecule has 0 aromatic carbocycles. The standard InChI is InChI=1S/C15H21N3OS/c1-12-4-5-15(19-12)14(18-6-2-3-7-18)9-16-8-13-10-20-11-17-13/h4-5,10-11,14,16H,2-3,6-9H2,1H3. The van der Waals surface area contributed by atoms with Gasteiger partial charge in [-0.1, -0.05) is 0 Å². The molecule has 20 heavy (non-hydrogen) atoms. The fourth-order valence-corrected chi connectivity index (χ4v) is 3.32. The normalized spacial score (nSPS) is 17.6. The molecule has 4 nitrogen and oxygen atoms in total. The van der Waals surface area contributed by atoms with Gasteiger partial charge < -0.3 is 9.73 Å². The van der Waals surface area contributed by atoms with E-state index < -0.39 is 0 Å². The Hall–Kier alpha value is -1.17. The summed E-state index contributed by atoms with van der Waals surface area (Å²) in [6.07, 6.45) is 2.59. The van der Waals surface area contributed by atoms with Crippen LogP contribution in [0.15, 0.2) is 27.4 Å². The van der Waals surface area contributed by atoms with Crippen LogP contribution in [-0.4, -0.2) is 29.5 Å². The molecule has 0 bridgehead atoms. The zero-order valence-electron chi connectivity index (χ0n) is 11.8. The Bertz CT molecular complexity index is 517. The third kappa shape index (κ3) is 3.29. The molecule has 0 spiro atoms. The first-order valence-corrected chi connectivity index (χ1v) is 8.15. The average molecular weight is 291 g/mol. The van der Waals surface area contributed by atoms with Crippen LogP contribution in [-0.2, 0) is 6.54 Å². The van der Waals surface area contributed by atoms with E-state index in [1.807, 2.05) is 12.4 Å². The molecule has 0 amide bonds. The van der Waals surface area contributed by atoms with Crippen molar-refractivity contribution in [3.63, 3.8) is 0 Å². The zero-order valence-corrected chi connectivity index (χ0v) is 12.7. The van der Waals surface area contributed by atoms with Crippen LogP contribution in [0, 0.1) is 6.92 Å². The topological polar surface area (TPSA) is 41.3 Å². The number of rotatable bonds is 6. The van der Waals surface area contributed by atoms with E-state index in [-0.39, 0.29) is 0 Å². The van der Waals surface area contributed by atoms with Crippen molar-refractivity contribution in [2.75, 3.05) is 19.6 Å². The minimum atomic E-state index is 0.338. The van der Waals surface area contributed by atoms with E-state index in [0.29, 0.717) is 6.04 Å². The summed E-state index contributed by atoms with van der Waals surface area (Å²) in [5, 5.41) is 5.61. The summed E-state index contributed by atoms with van der Waals surface area (Å²) in [4.78, 5) is 6.83. The van der Waals surface area contributed by atoms with Gasteiger partial charge in [0.1, 0.15) is 11.5 Å². The van der Waals surface area contributed by atoms with Gasteiger partial charge in [-0.05, 0) is 45.0 Å². The van der Waals surface area contributed by atoms with E-state index in [9.17, 15) is 0 Å². The first kappa shape index (κ1) is 13.8. The molecule has 1 aliphatic rings. The van der Waals surface area contributed by atoms with Crippen LogP contribution >= 0.6 is 11.3 Å². The first-order chi connectivity index (χ1) is 9.83. The van der Waals surface area contributed by atoms with Crippen LogP contribution in [0.25, 0.3) is 0 Å². The molecule has 0 radical (unpaired) electrons. The van der Waals surface area contributed by atoms with Gasteiger partial charge in [-0.2, -0.15) is 0 Å². The highest BCUT2D eigenvalue weighted by molar-refractivity contribution is 7.07. The monoisotopic (exact) mass is 291 g/mol. The second-order valence-electron chi connectivity index (χ2n) is 5.32. The minimum absolute atomic E-state index is 0.338. The second-order valence-corrected chi connectivity index (χ2v) is 6.04. The molecular formula is C15H21N3OS. The number of nitrogens with zero attached hydrogens (tertiary/aromatic N) is 2. The Morgan fingerprint density at radius 3 is 2.90 bits per heavy atom. The highest BCUT2D eigenvalue weighted by Gasteiger charge is 2.25. The molecule has 1 saturated heterocycles. The third-order valence-corrected chi connectivity index (χ3v) is 4.43. The van der Waals surface area contributed by atoms with Crippen molar-refractivity contribution in [3.05, 3.63) is 40.2 Å². The van der Waals surface area contributed by atoms with Crippen molar-refractivity contribution in [1.29, 1.82) is 0 Å². The zero-order chi connectivity index (χ0) is 13.8. The minimum Gasteiger partial charge on any atom is -0.465 e. The Labute approximate surface area is 123 Å². The molecule has 2 aromatic rings. The van der Waals surface area contributed by atoms with Gasteiger partial charge in [-0.15, -0.1) is 11.3 Å². The summed E-state index contributed by atoms with van der Waals surface area (Å²) in [5.74, 6) is 2.07. The van der Waals surface area contributed by atoms with Gasteiger partial charge in [-0.25, -0.2) is 4.98 Å². The maximum atomic E-state index is 5.85. The lowest BCUT2D eigenvalue weighted by Crippen LogP contribution is -2.33. The number of likely N-dealkylation sites (tertiary alicyclic amines) is 1. The maximum Gasteiger partial charge on any atom is 0.122 e. The van der Waals surface area contributed by atoms with Crippen molar-refractivity contribution < 1.29 is 4.42 Å². The third-order valence-electron chi connectivity index (χ3n) is 3.80. The predicted molar refractivity (Wildman–Crippen MR) is 80.8 cm³/mol. The lowest BCUT2D eigenvalue weighted by Gasteiger charge is -2.26. The van der Waals surface area contributed by atoms with Gasteiger partial charge in [0.05, 0.1) is 17.2 Å². The molecule has 1 N–H and O–H groups in total. The second kappa shape index (κ2) is 6.52. The summed E-state index contributed by atoms with van der Waals surface area (Å²) in [6.45, 7) is 6.08. The number of thiazole rings is 1. The fourth-order valence-electron chi connectivity index (χ4n) is 2.76. The van der Waals surface area contributed by atoms with Gasteiger partial charge in [0.25, 0.3) is 0 Å². The van der Waals surface area contributed by atoms with E-state index >= 15 is 0 Å². The molecule has 1 aliphatic heterocycles. The highest BCUT2D eigenvalue weighted by Crippen LogP contribution is 2.26. The van der Waals surface area contributed by atoms with E-state index in [1.165, 1.54) is 25.9 Å². The number of furan rings is 1. The molecule has 5 heteroatoms. The Balaban J connectivity index is 1.62. The van der Waals surface area contributed by atoms with Crippen molar-refractivity contribution in [1.82, 2.24) is 15.2 Å². The largest absolute Gasteiger partial charge is 0.465 e. The van der Waals surface area contributed by atoms with Crippen LogP contribution < -0.4 is 5.32 Å². The van der Waals surface area contributed by atoms with Crippen molar-refractivity contribution in [3.8, 4) is 0 Å². The molecule has 1 fully saturated rings. The Morgan fingerprint density at radius 2 is 2.25 bits per heavy atom. The summed E-state index contributed by atoms with van der Waals surface area (Å²) in [5.41, 5.74) is 3.00. The number of aryl methyl sites for hydroxylation is 1. The summed E-state index contributed by atoms with van der Waals surface area (Å²) >= 11 is 1.64. The number of hydrogen-bond acceptors (Lipinski definition) is 5. The number of aromatic nitrogens is 1. The first-order valence-electron chi connectivity index (χ1n) is 7.21. The predicted octanol–water partition coefficient (Wildman–Crippen LogP) is 2.97. The maximum absolute atomic E-state index is 5.85. The van der Waals surface area contributed by atoms with Gasteiger partial charge in [0.2, 0.25) is 0 Å². The van der Waals surface area contributed by atoms with E-state index in [2.05, 4.69) is 32.7 Å². The van der Waals surface area contributed by atoms with Gasteiger partial charge in [-0.3, -0.25) is 4.90 Å². The average Bonchev–Trinajstić information content (AvgIpc) is 3.17. The van der Waals surface area contributed by atoms with Crippen molar-refractivity contribution in [2.24, 2.45) is 0 Å². The molecule has 0 saturated carbocycles. The summed E-state index contributed by atoms with van der Waals surface area (Å²) in [7, 11) is 0. The Morgan fingerprint density at radius 1 is 1.40 bits per heavy atom. The smallest absolute Gasteiger partial charge is 0.122 e. The molecule has 0 aliphatic carbocycles. The van der Waals surface area contributed by atoms with Crippen LogP contribution in [0.1, 0.15) is 36.1 Å². The van der Waals surface area contributed by atoms with Crippen molar-refractivity contribution in [2.45, 2.75) is 32.4 Å². The molecule has 1 unspecified atom stereocenters. The van der Waals surface area contributed by atoms with E-state index in [4.69, 9.17) is 4.42 Å². The highest BCUT2D eigenvalue weighted by atomic mass is 32.1. The molecular weight excluding hydrogens is 270 g/mol. The van der Waals surface area contributed by atoms with Crippen LogP contribution in [0.4, 0.5) is 0 Å². The van der Waals surface area contributed by atoms with Crippen LogP contribution in [0.2, 0.25) is 0 Å².